The second kappa shape index (κ2) is 13.2. The van der Waals surface area contributed by atoms with Gasteiger partial charge in [-0.25, -0.2) is 9.98 Å². The minimum absolute atomic E-state index is 0. The van der Waals surface area contributed by atoms with Gasteiger partial charge in [-0.15, -0.1) is 24.0 Å². The van der Waals surface area contributed by atoms with Crippen molar-refractivity contribution >= 4 is 35.8 Å². The summed E-state index contributed by atoms with van der Waals surface area (Å²) in [6.45, 7) is 8.89. The average molecular weight is 528 g/mol. The Balaban J connectivity index is 0.00000450. The lowest BCUT2D eigenvalue weighted by Gasteiger charge is -2.11. The Bertz CT molecular complexity index is 815. The third-order valence-electron chi connectivity index (χ3n) is 4.28. The van der Waals surface area contributed by atoms with Crippen LogP contribution in [0.4, 0.5) is 0 Å². The molecule has 0 aliphatic heterocycles. The molecule has 30 heavy (non-hydrogen) atoms. The number of aliphatic imine (C=N–C) groups is 1. The molecule has 0 radical (unpaired) electrons. The fourth-order valence-electron chi connectivity index (χ4n) is 2.59. The molecule has 0 aliphatic carbocycles. The van der Waals surface area contributed by atoms with Gasteiger partial charge in [0.05, 0.1) is 18.8 Å². The van der Waals surface area contributed by atoms with Gasteiger partial charge in [0.1, 0.15) is 5.76 Å². The number of aromatic nitrogens is 1. The summed E-state index contributed by atoms with van der Waals surface area (Å²) in [4.78, 5) is 23.3. The minimum Gasteiger partial charge on any atom is -0.444 e. The molecule has 8 nitrogen and oxygen atoms in total. The number of hydrogen-bond donors (Lipinski definition) is 3. The summed E-state index contributed by atoms with van der Waals surface area (Å²) in [5.41, 5.74) is 2.50. The summed E-state index contributed by atoms with van der Waals surface area (Å²) in [5.74, 6) is 2.05. The van der Waals surface area contributed by atoms with Gasteiger partial charge in [-0.3, -0.25) is 4.79 Å². The molecule has 0 saturated heterocycles. The number of likely N-dealkylation sites (N-methyl/N-ethyl adjacent to an activating group) is 1. The second-order valence-corrected chi connectivity index (χ2v) is 7.06. The van der Waals surface area contributed by atoms with Gasteiger partial charge in [0.15, 0.2) is 5.96 Å². The monoisotopic (exact) mass is 528 g/mol. The van der Waals surface area contributed by atoms with Gasteiger partial charge in [0.25, 0.3) is 5.91 Å². The van der Waals surface area contributed by atoms with Crippen LogP contribution in [0.25, 0.3) is 0 Å². The number of nitrogens with one attached hydrogen (secondary N) is 3. The molecule has 1 aromatic heterocycles. The number of carbonyl (C=O) groups excluding carboxylic acids is 1. The normalized spacial score (nSPS) is 11.2. The summed E-state index contributed by atoms with van der Waals surface area (Å²) < 4.78 is 5.59. The van der Waals surface area contributed by atoms with Gasteiger partial charge in [-0.1, -0.05) is 12.1 Å². The molecule has 1 heterocycles. The maximum atomic E-state index is 12.3. The molecule has 0 aliphatic rings. The van der Waals surface area contributed by atoms with Crippen molar-refractivity contribution in [2.75, 3.05) is 33.7 Å². The van der Waals surface area contributed by atoms with Crippen LogP contribution < -0.4 is 16.0 Å². The van der Waals surface area contributed by atoms with E-state index >= 15 is 0 Å². The maximum Gasteiger partial charge on any atom is 0.251 e. The van der Waals surface area contributed by atoms with Gasteiger partial charge in [-0.05, 0) is 52.6 Å². The van der Waals surface area contributed by atoms with E-state index in [1.807, 2.05) is 64.0 Å². The third kappa shape index (κ3) is 8.70. The first-order valence-corrected chi connectivity index (χ1v) is 9.86. The summed E-state index contributed by atoms with van der Waals surface area (Å²) in [6, 6.07) is 7.53. The van der Waals surface area contributed by atoms with E-state index in [-0.39, 0.29) is 29.9 Å². The molecular weight excluding hydrogens is 495 g/mol. The molecule has 166 valence electrons. The maximum absolute atomic E-state index is 12.3. The zero-order valence-electron chi connectivity index (χ0n) is 18.4. The fraction of sp³-hybridized carbons (Fsp3) is 0.476. The fourth-order valence-corrected chi connectivity index (χ4v) is 2.59. The van der Waals surface area contributed by atoms with Crippen LogP contribution in [-0.4, -0.2) is 55.5 Å². The largest absolute Gasteiger partial charge is 0.444 e. The standard InChI is InChI=1S/C21H32N6O2.HI/c1-6-22-21(25-14-19-26-15(2)16(3)29-19)24-13-17-8-7-9-18(12-17)20(28)23-10-11-27(4)5;/h7-9,12H,6,10-11,13-14H2,1-5H3,(H,23,28)(H2,22,24,25);1H. The van der Waals surface area contributed by atoms with Gasteiger partial charge in [-0.2, -0.15) is 0 Å². The van der Waals surface area contributed by atoms with Crippen LogP contribution in [0.3, 0.4) is 0 Å². The van der Waals surface area contributed by atoms with Crippen molar-refractivity contribution in [2.45, 2.75) is 33.9 Å². The second-order valence-electron chi connectivity index (χ2n) is 7.06. The number of oxazole rings is 1. The molecule has 0 spiro atoms. The highest BCUT2D eigenvalue weighted by atomic mass is 127. The highest BCUT2D eigenvalue weighted by Crippen LogP contribution is 2.08. The first-order valence-electron chi connectivity index (χ1n) is 9.86. The Kier molecular flexibility index (Phi) is 11.4. The molecule has 0 fully saturated rings. The number of amides is 1. The molecule has 0 unspecified atom stereocenters. The number of aryl methyl sites for hydroxylation is 2. The van der Waals surface area contributed by atoms with E-state index < -0.39 is 0 Å². The first kappa shape index (κ1) is 25.9. The lowest BCUT2D eigenvalue weighted by molar-refractivity contribution is 0.0951. The van der Waals surface area contributed by atoms with Crippen molar-refractivity contribution in [3.8, 4) is 0 Å². The van der Waals surface area contributed by atoms with Gasteiger partial charge < -0.3 is 25.3 Å². The van der Waals surface area contributed by atoms with Crippen molar-refractivity contribution in [3.05, 3.63) is 52.7 Å². The Morgan fingerprint density at radius 2 is 1.97 bits per heavy atom. The molecule has 2 rings (SSSR count). The van der Waals surface area contributed by atoms with Crippen molar-refractivity contribution in [1.29, 1.82) is 0 Å². The van der Waals surface area contributed by atoms with Crippen LogP contribution in [0.2, 0.25) is 0 Å². The van der Waals surface area contributed by atoms with Crippen molar-refractivity contribution in [2.24, 2.45) is 4.99 Å². The number of halogens is 1. The third-order valence-corrected chi connectivity index (χ3v) is 4.28. The zero-order chi connectivity index (χ0) is 21.2. The van der Waals surface area contributed by atoms with Crippen molar-refractivity contribution in [3.63, 3.8) is 0 Å². The summed E-state index contributed by atoms with van der Waals surface area (Å²) in [5, 5.41) is 9.36. The lowest BCUT2D eigenvalue weighted by Crippen LogP contribution is -2.36. The molecule has 0 bridgehead atoms. The minimum atomic E-state index is -0.0719. The highest BCUT2D eigenvalue weighted by molar-refractivity contribution is 14.0. The predicted octanol–water partition coefficient (Wildman–Crippen LogP) is 2.46. The number of hydrogen-bond acceptors (Lipinski definition) is 5. The zero-order valence-corrected chi connectivity index (χ0v) is 20.7. The SMILES string of the molecule is CCNC(=NCc1cccc(C(=O)NCCN(C)C)c1)NCc1nc(C)c(C)o1.I. The molecule has 1 aromatic carbocycles. The summed E-state index contributed by atoms with van der Waals surface area (Å²) in [7, 11) is 3.95. The molecule has 2 aromatic rings. The van der Waals surface area contributed by atoms with Crippen LogP contribution in [0.15, 0.2) is 33.7 Å². The topological polar surface area (TPSA) is 94.8 Å². The van der Waals surface area contributed by atoms with Crippen LogP contribution in [0, 0.1) is 13.8 Å². The van der Waals surface area contributed by atoms with E-state index in [1.54, 1.807) is 0 Å². The smallest absolute Gasteiger partial charge is 0.251 e. The predicted molar refractivity (Wildman–Crippen MR) is 130 cm³/mol. The van der Waals surface area contributed by atoms with Crippen molar-refractivity contribution in [1.82, 2.24) is 25.8 Å². The molecule has 9 heteroatoms. The molecule has 1 amide bonds. The lowest BCUT2D eigenvalue weighted by atomic mass is 10.1. The summed E-state index contributed by atoms with van der Waals surface area (Å²) >= 11 is 0. The number of rotatable bonds is 9. The molecule has 0 saturated carbocycles. The van der Waals surface area contributed by atoms with E-state index in [0.29, 0.717) is 37.0 Å². The van der Waals surface area contributed by atoms with E-state index in [1.165, 1.54) is 0 Å². The van der Waals surface area contributed by atoms with E-state index in [2.05, 4.69) is 25.9 Å². The van der Waals surface area contributed by atoms with Crippen LogP contribution >= 0.6 is 24.0 Å². The number of nitrogens with zero attached hydrogens (tertiary/aromatic N) is 3. The quantitative estimate of drug-likeness (QED) is 0.263. The van der Waals surface area contributed by atoms with Crippen LogP contribution in [0.1, 0.15) is 40.2 Å². The van der Waals surface area contributed by atoms with E-state index in [4.69, 9.17) is 4.42 Å². The molecule has 3 N–H and O–H groups in total. The number of benzene rings is 1. The van der Waals surface area contributed by atoms with E-state index in [0.717, 1.165) is 30.1 Å². The first-order chi connectivity index (χ1) is 13.9. The Labute approximate surface area is 195 Å². The van der Waals surface area contributed by atoms with Crippen LogP contribution in [0.5, 0.6) is 0 Å². The van der Waals surface area contributed by atoms with Gasteiger partial charge in [0.2, 0.25) is 5.89 Å². The van der Waals surface area contributed by atoms with Crippen molar-refractivity contribution < 1.29 is 9.21 Å². The average Bonchev–Trinajstić information content (AvgIpc) is 3.01. The Hall–Kier alpha value is -2.14. The Morgan fingerprint density at radius 1 is 1.20 bits per heavy atom. The summed E-state index contributed by atoms with van der Waals surface area (Å²) in [6.07, 6.45) is 0. The molecule has 0 atom stereocenters. The highest BCUT2D eigenvalue weighted by Gasteiger charge is 2.08. The van der Waals surface area contributed by atoms with E-state index in [9.17, 15) is 4.79 Å². The number of guanidine groups is 1. The molecular formula is C21H33IN6O2. The van der Waals surface area contributed by atoms with Gasteiger partial charge in [0, 0.05) is 25.2 Å². The Morgan fingerprint density at radius 3 is 2.60 bits per heavy atom. The van der Waals surface area contributed by atoms with Crippen LogP contribution in [-0.2, 0) is 13.1 Å². The van der Waals surface area contributed by atoms with Gasteiger partial charge >= 0.3 is 0 Å². The number of carbonyl (C=O) groups is 1.